The normalized spacial score (nSPS) is 10.1. The minimum absolute atomic E-state index is 0.0218. The molecule has 1 aromatic heterocycles. The van der Waals surface area contributed by atoms with Gasteiger partial charge in [0.15, 0.2) is 0 Å². The average Bonchev–Trinajstić information content (AvgIpc) is 2.48. The zero-order chi connectivity index (χ0) is 14.4. The fourth-order valence-corrected chi connectivity index (χ4v) is 1.72. The lowest BCUT2D eigenvalue weighted by Gasteiger charge is -2.08. The summed E-state index contributed by atoms with van der Waals surface area (Å²) in [5.74, 6) is 0.0291. The number of ether oxygens (including phenoxy) is 1. The summed E-state index contributed by atoms with van der Waals surface area (Å²) >= 11 is 0. The second-order valence-corrected chi connectivity index (χ2v) is 4.19. The molecule has 102 valence electrons. The lowest BCUT2D eigenvalue weighted by molar-refractivity contribution is 0.298. The maximum Gasteiger partial charge on any atom is 0.147 e. The smallest absolute Gasteiger partial charge is 0.147 e. The van der Waals surface area contributed by atoms with Gasteiger partial charge in [-0.2, -0.15) is 5.26 Å². The molecule has 1 aromatic carbocycles. The Balaban J connectivity index is 2.04. The predicted octanol–water partition coefficient (Wildman–Crippen LogP) is 2.39. The van der Waals surface area contributed by atoms with Gasteiger partial charge in [0.1, 0.15) is 24.2 Å². The summed E-state index contributed by atoms with van der Waals surface area (Å²) < 4.78 is 19.3. The molecule has 20 heavy (non-hydrogen) atoms. The molecule has 0 spiro atoms. The minimum Gasteiger partial charge on any atom is -0.487 e. The van der Waals surface area contributed by atoms with Gasteiger partial charge in [0.2, 0.25) is 0 Å². The fraction of sp³-hybridized carbons (Fsp3) is 0.200. The van der Waals surface area contributed by atoms with Crippen LogP contribution in [0.25, 0.3) is 0 Å². The number of nitrogens with zero attached hydrogens (tertiary/aromatic N) is 2. The van der Waals surface area contributed by atoms with E-state index in [4.69, 9.17) is 10.00 Å². The molecule has 0 radical (unpaired) electrons. The number of rotatable bonds is 5. The van der Waals surface area contributed by atoms with Gasteiger partial charge in [-0.15, -0.1) is 0 Å². The number of halogens is 1. The van der Waals surface area contributed by atoms with Crippen molar-refractivity contribution in [3.63, 3.8) is 0 Å². The molecular weight excluding hydrogens is 257 g/mol. The van der Waals surface area contributed by atoms with Crippen molar-refractivity contribution >= 4 is 0 Å². The number of nitriles is 1. The van der Waals surface area contributed by atoms with Crippen molar-refractivity contribution in [2.45, 2.75) is 13.2 Å². The second-order valence-electron chi connectivity index (χ2n) is 4.19. The van der Waals surface area contributed by atoms with Crippen molar-refractivity contribution in [2.24, 2.45) is 0 Å². The Morgan fingerprint density at radius 1 is 1.35 bits per heavy atom. The molecule has 0 fully saturated rings. The van der Waals surface area contributed by atoms with E-state index >= 15 is 0 Å². The van der Waals surface area contributed by atoms with Gasteiger partial charge in [0.05, 0.1) is 17.5 Å². The summed E-state index contributed by atoms with van der Waals surface area (Å²) in [6.45, 7) is 0.744. The van der Waals surface area contributed by atoms with Gasteiger partial charge in [-0.1, -0.05) is 12.1 Å². The lowest BCUT2D eigenvalue weighted by atomic mass is 10.1. The maximum absolute atomic E-state index is 13.8. The molecule has 4 nitrogen and oxygen atoms in total. The first-order valence-corrected chi connectivity index (χ1v) is 6.14. The summed E-state index contributed by atoms with van der Waals surface area (Å²) in [6, 6.07) is 10.1. The summed E-state index contributed by atoms with van der Waals surface area (Å²) in [6.07, 6.45) is 1.60. The van der Waals surface area contributed by atoms with Gasteiger partial charge in [0, 0.05) is 12.1 Å². The first-order valence-electron chi connectivity index (χ1n) is 6.14. The quantitative estimate of drug-likeness (QED) is 0.907. The monoisotopic (exact) mass is 271 g/mol. The van der Waals surface area contributed by atoms with E-state index in [0.717, 1.165) is 5.69 Å². The third-order valence-corrected chi connectivity index (χ3v) is 2.75. The van der Waals surface area contributed by atoms with Crippen LogP contribution in [-0.4, -0.2) is 12.0 Å². The highest BCUT2D eigenvalue weighted by Crippen LogP contribution is 2.16. The van der Waals surface area contributed by atoms with E-state index < -0.39 is 5.82 Å². The Morgan fingerprint density at radius 3 is 2.85 bits per heavy atom. The Morgan fingerprint density at radius 2 is 2.20 bits per heavy atom. The van der Waals surface area contributed by atoms with Crippen LogP contribution in [0.4, 0.5) is 4.39 Å². The van der Waals surface area contributed by atoms with Crippen molar-refractivity contribution in [2.75, 3.05) is 7.05 Å². The average molecular weight is 271 g/mol. The van der Waals surface area contributed by atoms with Crippen LogP contribution in [0.15, 0.2) is 36.5 Å². The zero-order valence-corrected chi connectivity index (χ0v) is 11.1. The molecule has 0 aliphatic rings. The van der Waals surface area contributed by atoms with E-state index in [1.165, 1.54) is 6.07 Å². The standard InChI is InChI=1S/C15H14FN3O/c1-18-8-13-5-6-14(9-19-13)20-10-12-4-2-3-11(7-17)15(12)16/h2-6,9,18H,8,10H2,1H3. The van der Waals surface area contributed by atoms with Crippen LogP contribution in [0.1, 0.15) is 16.8 Å². The van der Waals surface area contributed by atoms with E-state index in [-0.39, 0.29) is 12.2 Å². The van der Waals surface area contributed by atoms with Crippen LogP contribution in [0, 0.1) is 17.1 Å². The largest absolute Gasteiger partial charge is 0.487 e. The molecule has 0 saturated heterocycles. The van der Waals surface area contributed by atoms with Crippen LogP contribution in [0.5, 0.6) is 5.75 Å². The van der Waals surface area contributed by atoms with E-state index in [1.807, 2.05) is 13.1 Å². The van der Waals surface area contributed by atoms with Crippen LogP contribution in [0.3, 0.4) is 0 Å². The van der Waals surface area contributed by atoms with Crippen LogP contribution >= 0.6 is 0 Å². The first kappa shape index (κ1) is 14.0. The fourth-order valence-electron chi connectivity index (χ4n) is 1.72. The summed E-state index contributed by atoms with van der Waals surface area (Å²) in [4.78, 5) is 4.20. The SMILES string of the molecule is CNCc1ccc(OCc2cccc(C#N)c2F)cn1. The molecule has 5 heteroatoms. The number of hydrogen-bond donors (Lipinski definition) is 1. The van der Waals surface area contributed by atoms with Crippen molar-refractivity contribution in [1.29, 1.82) is 5.26 Å². The third kappa shape index (κ3) is 3.31. The Kier molecular flexibility index (Phi) is 4.64. The topological polar surface area (TPSA) is 57.9 Å². The van der Waals surface area contributed by atoms with Crippen LogP contribution in [-0.2, 0) is 13.2 Å². The van der Waals surface area contributed by atoms with Crippen LogP contribution in [0.2, 0.25) is 0 Å². The van der Waals surface area contributed by atoms with Gasteiger partial charge in [-0.25, -0.2) is 4.39 Å². The molecule has 1 N–H and O–H groups in total. The highest BCUT2D eigenvalue weighted by atomic mass is 19.1. The highest BCUT2D eigenvalue weighted by molar-refractivity contribution is 5.35. The molecule has 0 atom stereocenters. The zero-order valence-electron chi connectivity index (χ0n) is 11.1. The van der Waals surface area contributed by atoms with Gasteiger partial charge >= 0.3 is 0 Å². The van der Waals surface area contributed by atoms with Crippen molar-refractivity contribution < 1.29 is 9.13 Å². The first-order chi connectivity index (χ1) is 9.74. The number of hydrogen-bond acceptors (Lipinski definition) is 4. The number of benzene rings is 1. The van der Waals surface area contributed by atoms with E-state index in [9.17, 15) is 4.39 Å². The Labute approximate surface area is 116 Å². The van der Waals surface area contributed by atoms with Crippen molar-refractivity contribution in [3.8, 4) is 11.8 Å². The molecule has 0 aliphatic carbocycles. The second kappa shape index (κ2) is 6.64. The number of pyridine rings is 1. The van der Waals surface area contributed by atoms with Crippen LogP contribution < -0.4 is 10.1 Å². The number of aromatic nitrogens is 1. The molecule has 0 unspecified atom stereocenters. The van der Waals surface area contributed by atoms with E-state index in [1.54, 1.807) is 30.5 Å². The molecular formula is C15H14FN3O. The lowest BCUT2D eigenvalue weighted by Crippen LogP contribution is -2.06. The third-order valence-electron chi connectivity index (χ3n) is 2.75. The predicted molar refractivity (Wildman–Crippen MR) is 72.4 cm³/mol. The van der Waals surface area contributed by atoms with Gasteiger partial charge in [0.25, 0.3) is 0 Å². The van der Waals surface area contributed by atoms with Crippen molar-refractivity contribution in [1.82, 2.24) is 10.3 Å². The van der Waals surface area contributed by atoms with E-state index in [2.05, 4.69) is 10.3 Å². The van der Waals surface area contributed by atoms with Gasteiger partial charge in [-0.05, 0) is 25.2 Å². The van der Waals surface area contributed by atoms with Gasteiger partial charge in [-0.3, -0.25) is 4.98 Å². The minimum atomic E-state index is -0.533. The number of nitrogens with one attached hydrogen (secondary N) is 1. The summed E-state index contributed by atoms with van der Waals surface area (Å²) in [5.41, 5.74) is 1.27. The molecule has 1 heterocycles. The Bertz CT molecular complexity index is 620. The van der Waals surface area contributed by atoms with E-state index in [0.29, 0.717) is 17.9 Å². The Hall–Kier alpha value is -2.45. The molecule has 2 rings (SSSR count). The maximum atomic E-state index is 13.8. The summed E-state index contributed by atoms with van der Waals surface area (Å²) in [5, 5.41) is 11.8. The molecule has 0 bridgehead atoms. The molecule has 0 aliphatic heterocycles. The highest BCUT2D eigenvalue weighted by Gasteiger charge is 2.08. The summed E-state index contributed by atoms with van der Waals surface area (Å²) in [7, 11) is 1.84. The molecule has 0 saturated carbocycles. The van der Waals surface area contributed by atoms with Gasteiger partial charge < -0.3 is 10.1 Å². The van der Waals surface area contributed by atoms with Crippen molar-refractivity contribution in [3.05, 3.63) is 59.2 Å². The molecule has 2 aromatic rings. The molecule has 0 amide bonds.